The van der Waals surface area contributed by atoms with E-state index in [1.165, 1.54) is 18.2 Å². The van der Waals surface area contributed by atoms with Crippen LogP contribution in [0.4, 0.5) is 18.9 Å². The Kier molecular flexibility index (Phi) is 7.59. The van der Waals surface area contributed by atoms with E-state index in [0.29, 0.717) is 22.1 Å². The van der Waals surface area contributed by atoms with Gasteiger partial charge in [-0.2, -0.15) is 13.2 Å². The lowest BCUT2D eigenvalue weighted by molar-refractivity contribution is -0.171. The second-order valence-electron chi connectivity index (χ2n) is 7.36. The fourth-order valence-electron chi connectivity index (χ4n) is 3.76. The Bertz CT molecular complexity index is 880. The number of thiophene rings is 1. The molecular formula is C22H25F3N2O3S. The van der Waals surface area contributed by atoms with Crippen molar-refractivity contribution in [3.63, 3.8) is 0 Å². The summed E-state index contributed by atoms with van der Waals surface area (Å²) in [5.41, 5.74) is -0.0505. The molecule has 1 saturated carbocycles. The van der Waals surface area contributed by atoms with Gasteiger partial charge in [-0.15, -0.1) is 11.3 Å². The molecule has 1 aliphatic carbocycles. The lowest BCUT2D eigenvalue weighted by Gasteiger charge is -2.33. The van der Waals surface area contributed by atoms with Gasteiger partial charge in [0.2, 0.25) is 5.91 Å². The highest BCUT2D eigenvalue weighted by molar-refractivity contribution is 7.10. The van der Waals surface area contributed by atoms with Crippen molar-refractivity contribution < 1.29 is 27.5 Å². The van der Waals surface area contributed by atoms with Gasteiger partial charge in [-0.1, -0.05) is 31.4 Å². The average Bonchev–Trinajstić information content (AvgIpc) is 3.26. The number of alkyl halides is 3. The number of halogens is 3. The smallest absolute Gasteiger partial charge is 0.471 e. The van der Waals surface area contributed by atoms with E-state index in [2.05, 4.69) is 5.32 Å². The van der Waals surface area contributed by atoms with Crippen LogP contribution in [0.15, 0.2) is 41.8 Å². The summed E-state index contributed by atoms with van der Waals surface area (Å²) in [6.45, 7) is 2.06. The Balaban J connectivity index is 2.03. The molecule has 1 atom stereocenters. The van der Waals surface area contributed by atoms with Crippen LogP contribution < -0.4 is 15.0 Å². The van der Waals surface area contributed by atoms with Crippen LogP contribution in [-0.2, 0) is 9.59 Å². The molecule has 0 saturated heterocycles. The molecule has 0 unspecified atom stereocenters. The minimum Gasteiger partial charge on any atom is -0.494 e. The van der Waals surface area contributed by atoms with Crippen LogP contribution in [0.5, 0.6) is 5.75 Å². The Hall–Kier alpha value is -2.55. The summed E-state index contributed by atoms with van der Waals surface area (Å²) in [6.07, 6.45) is -0.621. The third kappa shape index (κ3) is 5.78. The van der Waals surface area contributed by atoms with Crippen molar-refractivity contribution in [3.05, 3.63) is 46.7 Å². The van der Waals surface area contributed by atoms with Crippen LogP contribution in [0.3, 0.4) is 0 Å². The van der Waals surface area contributed by atoms with Crippen molar-refractivity contribution in [1.29, 1.82) is 0 Å². The fourth-order valence-corrected chi connectivity index (χ4v) is 4.57. The van der Waals surface area contributed by atoms with Crippen LogP contribution in [0.2, 0.25) is 0 Å². The summed E-state index contributed by atoms with van der Waals surface area (Å²) in [5, 5.41) is 4.55. The summed E-state index contributed by atoms with van der Waals surface area (Å²) in [6, 6.07) is 7.48. The van der Waals surface area contributed by atoms with Crippen molar-refractivity contribution >= 4 is 28.8 Å². The van der Waals surface area contributed by atoms with Crippen LogP contribution in [0, 0.1) is 0 Å². The third-order valence-electron chi connectivity index (χ3n) is 5.14. The zero-order valence-electron chi connectivity index (χ0n) is 17.2. The number of benzene rings is 1. The van der Waals surface area contributed by atoms with Gasteiger partial charge >= 0.3 is 12.1 Å². The SMILES string of the molecule is CCOc1cccc(N(C(=O)C(F)(F)F)[C@H](C(=O)NC2CCCCC2)c2cccs2)c1. The summed E-state index contributed by atoms with van der Waals surface area (Å²) >= 11 is 1.13. The number of carbonyl (C=O) groups is 2. The molecule has 0 radical (unpaired) electrons. The van der Waals surface area contributed by atoms with Crippen LogP contribution in [0.25, 0.3) is 0 Å². The molecule has 0 aliphatic heterocycles. The molecule has 0 spiro atoms. The predicted octanol–water partition coefficient (Wildman–Crippen LogP) is 5.23. The van der Waals surface area contributed by atoms with E-state index in [4.69, 9.17) is 4.74 Å². The van der Waals surface area contributed by atoms with Crippen molar-refractivity contribution in [2.45, 2.75) is 57.3 Å². The first-order valence-corrected chi connectivity index (χ1v) is 11.2. The maximum absolute atomic E-state index is 13.6. The molecule has 2 aromatic rings. The molecule has 5 nitrogen and oxygen atoms in total. The van der Waals surface area contributed by atoms with Crippen molar-refractivity contribution in [3.8, 4) is 5.75 Å². The average molecular weight is 455 g/mol. The summed E-state index contributed by atoms with van der Waals surface area (Å²) < 4.78 is 46.2. The third-order valence-corrected chi connectivity index (χ3v) is 6.06. The van der Waals surface area contributed by atoms with Crippen molar-refractivity contribution in [2.75, 3.05) is 11.5 Å². The number of nitrogens with one attached hydrogen (secondary N) is 1. The van der Waals surface area contributed by atoms with Gasteiger partial charge in [0.15, 0.2) is 6.04 Å². The molecule has 2 amide bonds. The Morgan fingerprint density at radius 2 is 1.94 bits per heavy atom. The van der Waals surface area contributed by atoms with E-state index in [1.54, 1.807) is 30.5 Å². The highest BCUT2D eigenvalue weighted by Crippen LogP contribution is 2.36. The first-order valence-electron chi connectivity index (χ1n) is 10.3. The summed E-state index contributed by atoms with van der Waals surface area (Å²) in [7, 11) is 0. The Morgan fingerprint density at radius 3 is 2.55 bits per heavy atom. The standard InChI is InChI=1S/C22H25F3N2O3S/c1-2-30-17-11-6-10-16(14-17)27(21(29)22(23,24)25)19(18-12-7-13-31-18)20(28)26-15-8-4-3-5-9-15/h6-7,10-15,19H,2-5,8-9H2,1H3,(H,26,28)/t19-/m0/s1. The van der Waals surface area contributed by atoms with E-state index in [0.717, 1.165) is 43.4 Å². The maximum atomic E-state index is 13.6. The topological polar surface area (TPSA) is 58.6 Å². The van der Waals surface area contributed by atoms with E-state index < -0.39 is 24.0 Å². The molecule has 1 aliphatic rings. The first-order chi connectivity index (χ1) is 14.8. The van der Waals surface area contributed by atoms with E-state index in [1.807, 2.05) is 0 Å². The molecule has 9 heteroatoms. The lowest BCUT2D eigenvalue weighted by Crippen LogP contribution is -2.50. The Labute approximate surface area is 183 Å². The van der Waals surface area contributed by atoms with Gasteiger partial charge in [0.1, 0.15) is 5.75 Å². The van der Waals surface area contributed by atoms with Gasteiger partial charge in [-0.05, 0) is 43.3 Å². The molecule has 1 aromatic heterocycles. The number of anilines is 1. The van der Waals surface area contributed by atoms with Crippen LogP contribution >= 0.6 is 11.3 Å². The van der Waals surface area contributed by atoms with Gasteiger partial charge in [-0.25, -0.2) is 0 Å². The highest BCUT2D eigenvalue weighted by Gasteiger charge is 2.48. The first kappa shape index (κ1) is 23.1. The molecular weight excluding hydrogens is 429 g/mol. The van der Waals surface area contributed by atoms with Gasteiger partial charge in [0.05, 0.1) is 6.61 Å². The van der Waals surface area contributed by atoms with Crippen LogP contribution in [0.1, 0.15) is 49.9 Å². The van der Waals surface area contributed by atoms with Crippen LogP contribution in [-0.4, -0.2) is 30.6 Å². The van der Waals surface area contributed by atoms with Crippen molar-refractivity contribution in [2.24, 2.45) is 0 Å². The largest absolute Gasteiger partial charge is 0.494 e. The minimum absolute atomic E-state index is 0.0505. The summed E-state index contributed by atoms with van der Waals surface area (Å²) in [5.74, 6) is -2.40. The molecule has 1 heterocycles. The van der Waals surface area contributed by atoms with Gasteiger partial charge < -0.3 is 10.1 Å². The molecule has 31 heavy (non-hydrogen) atoms. The van der Waals surface area contributed by atoms with Crippen molar-refractivity contribution in [1.82, 2.24) is 5.32 Å². The number of hydrogen-bond acceptors (Lipinski definition) is 4. The molecule has 3 rings (SSSR count). The zero-order chi connectivity index (χ0) is 22.4. The zero-order valence-corrected chi connectivity index (χ0v) is 18.0. The van der Waals surface area contributed by atoms with Gasteiger partial charge in [0.25, 0.3) is 0 Å². The highest BCUT2D eigenvalue weighted by atomic mass is 32.1. The second kappa shape index (κ2) is 10.2. The normalized spacial score (nSPS) is 15.9. The number of nitrogens with zero attached hydrogens (tertiary/aromatic N) is 1. The number of amides is 2. The number of hydrogen-bond donors (Lipinski definition) is 1. The van der Waals surface area contributed by atoms with E-state index in [-0.39, 0.29) is 11.7 Å². The molecule has 1 N–H and O–H groups in total. The quantitative estimate of drug-likeness (QED) is 0.623. The van der Waals surface area contributed by atoms with Gasteiger partial charge in [0, 0.05) is 22.7 Å². The molecule has 168 valence electrons. The predicted molar refractivity (Wildman–Crippen MR) is 113 cm³/mol. The maximum Gasteiger partial charge on any atom is 0.471 e. The molecule has 0 bridgehead atoms. The fraction of sp³-hybridized carbons (Fsp3) is 0.455. The summed E-state index contributed by atoms with van der Waals surface area (Å²) in [4.78, 5) is 26.7. The number of rotatable bonds is 7. The van der Waals surface area contributed by atoms with E-state index >= 15 is 0 Å². The monoisotopic (exact) mass is 454 g/mol. The molecule has 1 fully saturated rings. The minimum atomic E-state index is -5.15. The van der Waals surface area contributed by atoms with Gasteiger partial charge in [-0.3, -0.25) is 14.5 Å². The lowest BCUT2D eigenvalue weighted by atomic mass is 9.95. The second-order valence-corrected chi connectivity index (χ2v) is 8.34. The number of ether oxygens (including phenoxy) is 1. The van der Waals surface area contributed by atoms with E-state index in [9.17, 15) is 22.8 Å². The molecule has 1 aromatic carbocycles. The number of carbonyl (C=O) groups excluding carboxylic acids is 2. The Morgan fingerprint density at radius 1 is 1.19 bits per heavy atom.